The minimum atomic E-state index is -1.36. The third-order valence-corrected chi connectivity index (χ3v) is 13.6. The molecule has 4 aliphatic heterocycles. The molecule has 3 atom stereocenters. The Labute approximate surface area is 376 Å². The first-order valence-electron chi connectivity index (χ1n) is 22.5. The molecule has 14 nitrogen and oxygen atoms in total. The van der Waals surface area contributed by atoms with Gasteiger partial charge in [-0.2, -0.15) is 0 Å². The lowest BCUT2D eigenvalue weighted by Crippen LogP contribution is -2.52. The fourth-order valence-corrected chi connectivity index (χ4v) is 10.3. The van der Waals surface area contributed by atoms with Crippen LogP contribution >= 0.6 is 0 Å². The van der Waals surface area contributed by atoms with Gasteiger partial charge in [0, 0.05) is 47.8 Å². The van der Waals surface area contributed by atoms with E-state index in [9.17, 15) is 33.0 Å². The summed E-state index contributed by atoms with van der Waals surface area (Å²) in [6.45, 7) is 5.18. The summed E-state index contributed by atoms with van der Waals surface area (Å²) in [5.41, 5.74) is 2.84. The largest absolute Gasteiger partial charge is 0.493 e. The summed E-state index contributed by atoms with van der Waals surface area (Å²) in [5.74, 6) is -1.84. The van der Waals surface area contributed by atoms with E-state index in [1.807, 2.05) is 13.0 Å². The minimum Gasteiger partial charge on any atom is -0.493 e. The maximum absolute atomic E-state index is 15.4. The quantitative estimate of drug-likeness (QED) is 0.0925. The number of rotatable bonds is 20. The van der Waals surface area contributed by atoms with Gasteiger partial charge in [0.1, 0.15) is 11.9 Å². The van der Waals surface area contributed by atoms with Gasteiger partial charge in [-0.3, -0.25) is 43.2 Å². The van der Waals surface area contributed by atoms with Crippen LogP contribution in [-0.2, 0) is 31.7 Å². The number of nitrogens with one attached hydrogen (secondary N) is 2. The normalized spacial score (nSPS) is 18.8. The van der Waals surface area contributed by atoms with Crippen molar-refractivity contribution >= 4 is 51.9 Å². The predicted molar refractivity (Wildman–Crippen MR) is 239 cm³/mol. The number of halogens is 1. The van der Waals surface area contributed by atoms with Crippen molar-refractivity contribution in [3.05, 3.63) is 87.7 Å². The van der Waals surface area contributed by atoms with E-state index in [0.29, 0.717) is 41.2 Å². The lowest BCUT2D eigenvalue weighted by Gasteiger charge is -2.32. The van der Waals surface area contributed by atoms with Crippen molar-refractivity contribution in [1.29, 1.82) is 0 Å². The topological polar surface area (TPSA) is 172 Å². The maximum Gasteiger partial charge on any atom is 0.264 e. The number of unbranched alkanes of at least 4 members (excludes halogenated alkanes) is 6. The summed E-state index contributed by atoms with van der Waals surface area (Å²) in [7, 11) is 0.161. The number of ether oxygens (including phenoxy) is 2. The van der Waals surface area contributed by atoms with Crippen LogP contribution in [0.1, 0.15) is 144 Å². The number of nitrogens with zero attached hydrogens (tertiary/aromatic N) is 3. The summed E-state index contributed by atoms with van der Waals surface area (Å²) in [6.07, 6.45) is 10.8. The van der Waals surface area contributed by atoms with Crippen LogP contribution in [0.3, 0.4) is 0 Å². The maximum atomic E-state index is 15.4. The first-order valence-corrected chi connectivity index (χ1v) is 24.2. The number of imide groups is 2. The van der Waals surface area contributed by atoms with Crippen LogP contribution in [-0.4, -0.2) is 106 Å². The van der Waals surface area contributed by atoms with Gasteiger partial charge in [0.25, 0.3) is 17.7 Å². The van der Waals surface area contributed by atoms with E-state index in [4.69, 9.17) is 9.47 Å². The predicted octanol–water partition coefficient (Wildman–Crippen LogP) is 6.65. The molecule has 342 valence electrons. The Balaban J connectivity index is 0.803. The van der Waals surface area contributed by atoms with E-state index >= 15 is 4.39 Å². The molecule has 0 spiro atoms. The van der Waals surface area contributed by atoms with Gasteiger partial charge >= 0.3 is 0 Å². The molecule has 3 unspecified atom stereocenters. The summed E-state index contributed by atoms with van der Waals surface area (Å²) in [4.78, 5) is 82.9. The Morgan fingerprint density at radius 2 is 1.62 bits per heavy atom. The molecule has 7 rings (SSSR count). The molecule has 6 amide bonds. The van der Waals surface area contributed by atoms with Gasteiger partial charge in [-0.1, -0.05) is 50.3 Å². The van der Waals surface area contributed by atoms with Crippen molar-refractivity contribution in [2.24, 2.45) is 0 Å². The van der Waals surface area contributed by atoms with Crippen molar-refractivity contribution < 1.29 is 46.8 Å². The zero-order valence-corrected chi connectivity index (χ0v) is 37.7. The molecule has 0 radical (unpaired) electrons. The molecular formula is C48H58FN5O9S. The molecular weight excluding hydrogens is 842 g/mol. The van der Waals surface area contributed by atoms with Crippen LogP contribution < -0.4 is 20.1 Å². The fourth-order valence-electron chi connectivity index (χ4n) is 9.51. The highest BCUT2D eigenvalue weighted by atomic mass is 32.2. The number of carbonyl (C=O) groups is 6. The van der Waals surface area contributed by atoms with E-state index in [2.05, 4.69) is 15.5 Å². The highest BCUT2D eigenvalue weighted by Gasteiger charge is 2.43. The van der Waals surface area contributed by atoms with E-state index in [0.717, 1.165) is 81.5 Å². The van der Waals surface area contributed by atoms with Crippen LogP contribution in [0.5, 0.6) is 11.5 Å². The number of fused-ring (bicyclic) bond motifs is 2. The molecule has 64 heavy (non-hydrogen) atoms. The Bertz CT molecular complexity index is 2310. The number of anilines is 1. The van der Waals surface area contributed by atoms with Gasteiger partial charge in [0.05, 0.1) is 36.6 Å². The Kier molecular flexibility index (Phi) is 15.3. The summed E-state index contributed by atoms with van der Waals surface area (Å²) >= 11 is 0. The smallest absolute Gasteiger partial charge is 0.264 e. The van der Waals surface area contributed by atoms with E-state index in [1.54, 1.807) is 36.4 Å². The van der Waals surface area contributed by atoms with Crippen molar-refractivity contribution in [1.82, 2.24) is 20.0 Å². The number of hydrogen-bond acceptors (Lipinski definition) is 10. The molecule has 0 bridgehead atoms. The third kappa shape index (κ3) is 10.4. The minimum absolute atomic E-state index is 0.0229. The fraction of sp³-hybridized carbons (Fsp3) is 0.500. The van der Waals surface area contributed by atoms with Gasteiger partial charge in [-0.15, -0.1) is 0 Å². The average molecular weight is 900 g/mol. The zero-order valence-electron chi connectivity index (χ0n) is 36.9. The van der Waals surface area contributed by atoms with Gasteiger partial charge in [0.15, 0.2) is 11.5 Å². The number of methoxy groups -OCH3 is 1. The lowest BCUT2D eigenvalue weighted by molar-refractivity contribution is -0.137. The summed E-state index contributed by atoms with van der Waals surface area (Å²) in [5, 5.41) is 5.18. The van der Waals surface area contributed by atoms with Crippen LogP contribution in [0.2, 0.25) is 0 Å². The third-order valence-electron chi connectivity index (χ3n) is 12.8. The Hall–Kier alpha value is -5.48. The number of benzene rings is 3. The monoisotopic (exact) mass is 899 g/mol. The first-order chi connectivity index (χ1) is 30.9. The summed E-state index contributed by atoms with van der Waals surface area (Å²) < 4.78 is 39.1. The van der Waals surface area contributed by atoms with Gasteiger partial charge < -0.3 is 24.6 Å². The highest BCUT2D eigenvalue weighted by molar-refractivity contribution is 7.84. The molecule has 16 heteroatoms. The molecule has 3 aromatic rings. The highest BCUT2D eigenvalue weighted by Crippen LogP contribution is 2.39. The molecule has 4 aliphatic rings. The molecule has 2 N–H and O–H groups in total. The average Bonchev–Trinajstić information content (AvgIpc) is 3.72. The van der Waals surface area contributed by atoms with E-state index in [-0.39, 0.29) is 77.8 Å². The van der Waals surface area contributed by atoms with Gasteiger partial charge in [-0.05, 0) is 112 Å². The number of amides is 6. The van der Waals surface area contributed by atoms with Crippen LogP contribution in [0.4, 0.5) is 10.1 Å². The van der Waals surface area contributed by atoms with Crippen molar-refractivity contribution in [3.63, 3.8) is 0 Å². The van der Waals surface area contributed by atoms with Crippen molar-refractivity contribution in [3.8, 4) is 11.5 Å². The second-order valence-corrected chi connectivity index (χ2v) is 18.6. The first kappa shape index (κ1) is 46.5. The second-order valence-electron chi connectivity index (χ2n) is 17.1. The molecule has 2 saturated heterocycles. The van der Waals surface area contributed by atoms with Crippen molar-refractivity contribution in [2.45, 2.75) is 109 Å². The van der Waals surface area contributed by atoms with Crippen LogP contribution in [0.25, 0.3) is 0 Å². The second kappa shape index (κ2) is 21.0. The molecule has 0 aliphatic carbocycles. The summed E-state index contributed by atoms with van der Waals surface area (Å²) in [6, 6.07) is 11.5. The van der Waals surface area contributed by atoms with E-state index < -0.39 is 40.6 Å². The lowest BCUT2D eigenvalue weighted by atomic mass is 9.87. The van der Waals surface area contributed by atoms with Gasteiger partial charge in [0.2, 0.25) is 17.7 Å². The SMILES string of the molecule is CCOc1cc(C(CS(C)=O)N2C(=O)c3cccc(NC(=O)CCCCCCCCCN4CCC(c5cc6c(cc5F)C(=O)N(C5CCC(=O)NC5=O)C6)CC4)c3C2=O)ccc1OC. The number of piperidine rings is 2. The molecule has 2 fully saturated rings. The zero-order chi connectivity index (χ0) is 45.5. The number of hydrogen-bond donors (Lipinski definition) is 2. The molecule has 0 aromatic heterocycles. The number of likely N-dealkylation sites (tertiary alicyclic amines) is 1. The van der Waals surface area contributed by atoms with Crippen molar-refractivity contribution in [2.75, 3.05) is 50.7 Å². The number of carbonyl (C=O) groups excluding carboxylic acids is 6. The van der Waals surface area contributed by atoms with Gasteiger partial charge in [-0.25, -0.2) is 4.39 Å². The van der Waals surface area contributed by atoms with Crippen LogP contribution in [0, 0.1) is 5.82 Å². The standard InChI is InChI=1S/C48H58FN5O9S/c1-4-63-41-26-31(16-18-40(41)62-2)39(29-64(3)61)54-47(59)33-13-12-14-37(44(33)48(54)60)50-42(55)15-10-8-6-5-7-9-11-22-52-23-20-30(21-24-52)34-25-32-28-53(46(58)35(32)27-36(34)49)38-17-19-43(56)51-45(38)57/h12-14,16,18,25-27,30,38-39H,4-11,15,17,19-24,28-29H2,1-3H3,(H,50,55)(H,51,56,57). The molecule has 0 saturated carbocycles. The van der Waals surface area contributed by atoms with Crippen LogP contribution in [0.15, 0.2) is 48.5 Å². The Morgan fingerprint density at radius 1 is 0.891 bits per heavy atom. The molecule has 3 aromatic carbocycles. The Morgan fingerprint density at radius 3 is 2.33 bits per heavy atom. The molecule has 4 heterocycles. The van der Waals surface area contributed by atoms with E-state index in [1.165, 1.54) is 24.3 Å².